The van der Waals surface area contributed by atoms with Gasteiger partial charge in [-0.25, -0.2) is 17.8 Å². The Morgan fingerprint density at radius 1 is 1.39 bits per heavy atom. The Morgan fingerprint density at radius 2 is 2.11 bits per heavy atom. The molecule has 2 rings (SSSR count). The minimum Gasteiger partial charge on any atom is -0.298 e. The van der Waals surface area contributed by atoms with E-state index in [-0.39, 0.29) is 28.8 Å². The van der Waals surface area contributed by atoms with Crippen molar-refractivity contribution >= 4 is 20.7 Å². The van der Waals surface area contributed by atoms with Crippen LogP contribution in [0.25, 0.3) is 10.9 Å². The average Bonchev–Trinajstić information content (AvgIpc) is 2.26. The van der Waals surface area contributed by atoms with Crippen LogP contribution in [0, 0.1) is 5.82 Å². The molecule has 0 fully saturated rings. The van der Waals surface area contributed by atoms with Crippen LogP contribution in [0.2, 0.25) is 0 Å². The summed E-state index contributed by atoms with van der Waals surface area (Å²) >= 11 is 0. The van der Waals surface area contributed by atoms with E-state index in [1.807, 2.05) is 0 Å². The monoisotopic (exact) mass is 270 g/mol. The van der Waals surface area contributed by atoms with Crippen molar-refractivity contribution in [3.8, 4) is 0 Å². The van der Waals surface area contributed by atoms with Crippen molar-refractivity contribution < 1.29 is 12.8 Å². The number of halogens is 1. The summed E-state index contributed by atoms with van der Waals surface area (Å²) in [5, 5.41) is 0.271. The normalized spacial score (nSPS) is 11.9. The van der Waals surface area contributed by atoms with Crippen LogP contribution in [0.5, 0.6) is 0 Å². The van der Waals surface area contributed by atoms with E-state index < -0.39 is 15.7 Å². The number of benzene rings is 1. The van der Waals surface area contributed by atoms with Gasteiger partial charge in [0, 0.05) is 18.9 Å². The molecule has 0 saturated carbocycles. The van der Waals surface area contributed by atoms with Gasteiger partial charge in [-0.1, -0.05) is 0 Å². The number of aromatic nitrogens is 2. The third-order valence-electron chi connectivity index (χ3n) is 2.49. The van der Waals surface area contributed by atoms with Crippen LogP contribution in [-0.4, -0.2) is 30.0 Å². The summed E-state index contributed by atoms with van der Waals surface area (Å²) in [5.74, 6) is -0.607. The van der Waals surface area contributed by atoms with E-state index in [4.69, 9.17) is 0 Å². The molecular weight excluding hydrogens is 259 g/mol. The standard InChI is InChI=1S/C11H11FN2O3S/c1-18(16,17)5-4-14-7-13-10-6-8(12)2-3-9(10)11(14)15/h2-3,6-7H,4-5H2,1H3. The summed E-state index contributed by atoms with van der Waals surface area (Å²) in [4.78, 5) is 15.9. The topological polar surface area (TPSA) is 69.0 Å². The predicted octanol–water partition coefficient (Wildman–Crippen LogP) is 0.580. The summed E-state index contributed by atoms with van der Waals surface area (Å²) in [6.45, 7) is 0.0397. The largest absolute Gasteiger partial charge is 0.298 e. The molecule has 0 N–H and O–H groups in total. The van der Waals surface area contributed by atoms with Crippen LogP contribution < -0.4 is 5.56 Å². The molecule has 96 valence electrons. The second-order valence-corrected chi connectivity index (χ2v) is 6.29. The highest BCUT2D eigenvalue weighted by Gasteiger charge is 2.07. The van der Waals surface area contributed by atoms with E-state index in [0.717, 1.165) is 12.3 Å². The lowest BCUT2D eigenvalue weighted by Crippen LogP contribution is -2.24. The van der Waals surface area contributed by atoms with Crippen molar-refractivity contribution in [3.05, 3.63) is 40.7 Å². The molecule has 0 radical (unpaired) electrons. The lowest BCUT2D eigenvalue weighted by Gasteiger charge is -2.05. The molecule has 2 aromatic rings. The lowest BCUT2D eigenvalue weighted by atomic mass is 10.2. The zero-order valence-electron chi connectivity index (χ0n) is 9.63. The van der Waals surface area contributed by atoms with Gasteiger partial charge in [0.05, 0.1) is 23.0 Å². The smallest absolute Gasteiger partial charge is 0.261 e. The molecule has 0 unspecified atom stereocenters. The first-order chi connectivity index (χ1) is 8.37. The number of nitrogens with zero attached hydrogens (tertiary/aromatic N) is 2. The highest BCUT2D eigenvalue weighted by atomic mass is 32.2. The molecule has 7 heteroatoms. The minimum atomic E-state index is -3.15. The second-order valence-electron chi connectivity index (χ2n) is 4.03. The number of rotatable bonds is 3. The van der Waals surface area contributed by atoms with Crippen molar-refractivity contribution in [2.75, 3.05) is 12.0 Å². The number of sulfone groups is 1. The molecule has 1 aromatic heterocycles. The molecule has 0 aliphatic rings. The molecule has 18 heavy (non-hydrogen) atoms. The van der Waals surface area contributed by atoms with E-state index in [2.05, 4.69) is 4.98 Å². The van der Waals surface area contributed by atoms with Crippen molar-refractivity contribution in [3.63, 3.8) is 0 Å². The van der Waals surface area contributed by atoms with Crippen molar-refractivity contribution in [2.24, 2.45) is 0 Å². The number of hydrogen-bond donors (Lipinski definition) is 0. The summed E-state index contributed by atoms with van der Waals surface area (Å²) in [6, 6.07) is 3.68. The van der Waals surface area contributed by atoms with Crippen molar-refractivity contribution in [1.82, 2.24) is 9.55 Å². The van der Waals surface area contributed by atoms with Gasteiger partial charge in [0.15, 0.2) is 0 Å². The highest BCUT2D eigenvalue weighted by Crippen LogP contribution is 2.08. The summed E-state index contributed by atoms with van der Waals surface area (Å²) in [7, 11) is -3.15. The number of fused-ring (bicyclic) bond motifs is 1. The maximum atomic E-state index is 12.9. The Hall–Kier alpha value is -1.76. The molecule has 0 amide bonds. The first-order valence-electron chi connectivity index (χ1n) is 5.19. The molecule has 5 nitrogen and oxygen atoms in total. The molecule has 1 heterocycles. The van der Waals surface area contributed by atoms with E-state index in [1.165, 1.54) is 23.0 Å². The maximum Gasteiger partial charge on any atom is 0.261 e. The first-order valence-corrected chi connectivity index (χ1v) is 7.25. The predicted molar refractivity (Wildman–Crippen MR) is 65.7 cm³/mol. The SMILES string of the molecule is CS(=O)(=O)CCn1cnc2cc(F)ccc2c1=O. The van der Waals surface area contributed by atoms with Gasteiger partial charge in [-0.2, -0.15) is 0 Å². The summed E-state index contributed by atoms with van der Waals surface area (Å²) in [5.41, 5.74) is -0.112. The minimum absolute atomic E-state index is 0.0397. The van der Waals surface area contributed by atoms with Crippen molar-refractivity contribution in [2.45, 2.75) is 6.54 Å². The fourth-order valence-electron chi connectivity index (χ4n) is 1.55. The van der Waals surface area contributed by atoms with Crippen LogP contribution >= 0.6 is 0 Å². The van der Waals surface area contributed by atoms with E-state index in [0.29, 0.717) is 0 Å². The van der Waals surface area contributed by atoms with Crippen molar-refractivity contribution in [1.29, 1.82) is 0 Å². The van der Waals surface area contributed by atoms with Gasteiger partial charge in [0.1, 0.15) is 15.7 Å². The molecule has 0 spiro atoms. The quantitative estimate of drug-likeness (QED) is 0.818. The Labute approximate surface area is 103 Å². The molecule has 0 bridgehead atoms. The third kappa shape index (κ3) is 2.73. The van der Waals surface area contributed by atoms with Gasteiger partial charge >= 0.3 is 0 Å². The van der Waals surface area contributed by atoms with E-state index in [1.54, 1.807) is 0 Å². The van der Waals surface area contributed by atoms with Crippen LogP contribution in [-0.2, 0) is 16.4 Å². The zero-order chi connectivity index (χ0) is 13.3. The maximum absolute atomic E-state index is 12.9. The highest BCUT2D eigenvalue weighted by molar-refractivity contribution is 7.90. The van der Waals surface area contributed by atoms with E-state index >= 15 is 0 Å². The second kappa shape index (κ2) is 4.49. The van der Waals surface area contributed by atoms with E-state index in [9.17, 15) is 17.6 Å². The van der Waals surface area contributed by atoms with Crippen LogP contribution in [0.4, 0.5) is 4.39 Å². The van der Waals surface area contributed by atoms with Crippen LogP contribution in [0.1, 0.15) is 0 Å². The van der Waals surface area contributed by atoms with Crippen LogP contribution in [0.3, 0.4) is 0 Å². The summed E-state index contributed by atoms with van der Waals surface area (Å²) < 4.78 is 36.2. The molecule has 0 saturated heterocycles. The van der Waals surface area contributed by atoms with Gasteiger partial charge in [0.2, 0.25) is 0 Å². The Kier molecular flexibility index (Phi) is 3.16. The summed E-state index contributed by atoms with van der Waals surface area (Å²) in [6.07, 6.45) is 2.33. The fraction of sp³-hybridized carbons (Fsp3) is 0.273. The molecular formula is C11H11FN2O3S. The third-order valence-corrected chi connectivity index (χ3v) is 3.41. The zero-order valence-corrected chi connectivity index (χ0v) is 10.4. The Morgan fingerprint density at radius 3 is 2.78 bits per heavy atom. The number of hydrogen-bond acceptors (Lipinski definition) is 4. The molecule has 0 atom stereocenters. The van der Waals surface area contributed by atoms with Gasteiger partial charge in [0.25, 0.3) is 5.56 Å². The first kappa shape index (κ1) is 12.7. The number of aryl methyl sites for hydroxylation is 1. The van der Waals surface area contributed by atoms with Gasteiger partial charge in [-0.3, -0.25) is 9.36 Å². The van der Waals surface area contributed by atoms with Gasteiger partial charge in [-0.15, -0.1) is 0 Å². The average molecular weight is 270 g/mol. The lowest BCUT2D eigenvalue weighted by molar-refractivity contribution is 0.592. The molecule has 0 aliphatic carbocycles. The Bertz CT molecular complexity index is 752. The Balaban J connectivity index is 2.46. The fourth-order valence-corrected chi connectivity index (χ4v) is 2.08. The van der Waals surface area contributed by atoms with Gasteiger partial charge < -0.3 is 0 Å². The van der Waals surface area contributed by atoms with Crippen LogP contribution in [0.15, 0.2) is 29.3 Å². The molecule has 1 aromatic carbocycles. The molecule has 0 aliphatic heterocycles. The van der Waals surface area contributed by atoms with Gasteiger partial charge in [-0.05, 0) is 12.1 Å².